The molecule has 0 fully saturated rings. The number of fused-ring (bicyclic) bond motifs is 3. The van der Waals surface area contributed by atoms with Gasteiger partial charge in [0.15, 0.2) is 0 Å². The molecule has 0 amide bonds. The van der Waals surface area contributed by atoms with Crippen LogP contribution in [0.5, 0.6) is 0 Å². The minimum absolute atomic E-state index is 0.530. The van der Waals surface area contributed by atoms with Gasteiger partial charge in [0, 0.05) is 18.6 Å². The molecule has 0 unspecified atom stereocenters. The van der Waals surface area contributed by atoms with Crippen LogP contribution < -0.4 is 0 Å². The maximum absolute atomic E-state index is 12.7. The van der Waals surface area contributed by atoms with E-state index in [1.165, 1.54) is 6.07 Å². The maximum Gasteiger partial charge on any atom is 0.416 e. The van der Waals surface area contributed by atoms with Gasteiger partial charge in [0.1, 0.15) is 0 Å². The number of rotatable bonds is 0. The Morgan fingerprint density at radius 2 is 1.94 bits per heavy atom. The topological polar surface area (TPSA) is 17.8 Å². The van der Waals surface area contributed by atoms with Crippen LogP contribution in [0.2, 0.25) is 0 Å². The van der Waals surface area contributed by atoms with Crippen LogP contribution in [0.1, 0.15) is 5.56 Å². The molecule has 2 aliphatic rings. The first-order valence-corrected chi connectivity index (χ1v) is 5.39. The third-order valence-corrected chi connectivity index (χ3v) is 2.98. The molecule has 2 heterocycles. The normalized spacial score (nSPS) is 12.4. The number of hydrogen-bond donors (Lipinski definition) is 0. The quantitative estimate of drug-likeness (QED) is 0.595. The Labute approximate surface area is 101 Å². The largest absolute Gasteiger partial charge is 0.416 e. The Hall–Kier alpha value is -2.04. The van der Waals surface area contributed by atoms with Crippen molar-refractivity contribution in [3.63, 3.8) is 0 Å². The number of alkyl halides is 3. The molecule has 3 rings (SSSR count). The zero-order valence-electron chi connectivity index (χ0n) is 9.49. The van der Waals surface area contributed by atoms with Gasteiger partial charge in [-0.1, -0.05) is 0 Å². The van der Waals surface area contributed by atoms with Crippen LogP contribution in [0, 0.1) is 0 Å². The number of aryl methyl sites for hydroxylation is 1. The number of nitrogens with zero attached hydrogens (tertiary/aromatic N) is 2. The van der Waals surface area contributed by atoms with Gasteiger partial charge in [-0.3, -0.25) is 0 Å². The molecule has 0 bridgehead atoms. The van der Waals surface area contributed by atoms with Crippen molar-refractivity contribution >= 4 is 10.9 Å². The molecule has 0 radical (unpaired) electrons. The standard InChI is InChI=1S/C13H9F3N2/c1-18-6-2-3-11-12(18)9-7-8(13(14,15)16)4-5-10(9)17-11/h2-7H,1H3. The molecule has 1 aromatic carbocycles. The lowest BCUT2D eigenvalue weighted by atomic mass is 10.1. The highest BCUT2D eigenvalue weighted by molar-refractivity contribution is 5.96. The highest BCUT2D eigenvalue weighted by atomic mass is 19.4. The molecule has 0 saturated carbocycles. The first-order valence-electron chi connectivity index (χ1n) is 5.39. The van der Waals surface area contributed by atoms with E-state index >= 15 is 0 Å². The van der Waals surface area contributed by atoms with Gasteiger partial charge in [0.2, 0.25) is 0 Å². The fourth-order valence-electron chi connectivity index (χ4n) is 2.14. The fourth-order valence-corrected chi connectivity index (χ4v) is 2.14. The van der Waals surface area contributed by atoms with Gasteiger partial charge in [-0.2, -0.15) is 13.2 Å². The van der Waals surface area contributed by atoms with E-state index in [1.54, 1.807) is 23.9 Å². The molecule has 2 aliphatic heterocycles. The van der Waals surface area contributed by atoms with Crippen molar-refractivity contribution in [3.05, 3.63) is 42.1 Å². The molecule has 0 aliphatic carbocycles. The van der Waals surface area contributed by atoms with Crippen LogP contribution in [0.4, 0.5) is 13.2 Å². The highest BCUT2D eigenvalue weighted by Crippen LogP contribution is 2.35. The van der Waals surface area contributed by atoms with Gasteiger partial charge < -0.3 is 4.57 Å². The number of aromatic nitrogens is 2. The fraction of sp³-hybridized carbons (Fsp3) is 0.154. The van der Waals surface area contributed by atoms with E-state index in [4.69, 9.17) is 0 Å². The molecule has 18 heavy (non-hydrogen) atoms. The van der Waals surface area contributed by atoms with Gasteiger partial charge >= 0.3 is 6.18 Å². The maximum atomic E-state index is 12.7. The second-order valence-corrected chi connectivity index (χ2v) is 4.19. The van der Waals surface area contributed by atoms with Gasteiger partial charge in [0.25, 0.3) is 0 Å². The van der Waals surface area contributed by atoms with Gasteiger partial charge in [-0.25, -0.2) is 4.98 Å². The molecular weight excluding hydrogens is 241 g/mol. The monoisotopic (exact) mass is 250 g/mol. The number of hydrogen-bond acceptors (Lipinski definition) is 1. The van der Waals surface area contributed by atoms with Crippen LogP contribution in [0.25, 0.3) is 22.3 Å². The van der Waals surface area contributed by atoms with Crippen molar-refractivity contribution < 1.29 is 13.2 Å². The van der Waals surface area contributed by atoms with Crippen LogP contribution in [0.15, 0.2) is 36.5 Å². The summed E-state index contributed by atoms with van der Waals surface area (Å²) in [6.45, 7) is 0. The molecular formula is C13H9F3N2. The zero-order chi connectivity index (χ0) is 12.9. The Bertz CT molecular complexity index is 697. The summed E-state index contributed by atoms with van der Waals surface area (Å²) in [5, 5.41) is 0.530. The third-order valence-electron chi connectivity index (χ3n) is 2.98. The van der Waals surface area contributed by atoms with Crippen molar-refractivity contribution in [3.8, 4) is 11.4 Å². The van der Waals surface area contributed by atoms with E-state index in [1.807, 2.05) is 6.07 Å². The molecule has 0 spiro atoms. The summed E-state index contributed by atoms with van der Waals surface area (Å²) in [5.41, 5.74) is 1.36. The van der Waals surface area contributed by atoms with Crippen LogP contribution >= 0.6 is 0 Å². The molecule has 2 nitrogen and oxygen atoms in total. The molecule has 0 N–H and O–H groups in total. The second kappa shape index (κ2) is 3.48. The lowest BCUT2D eigenvalue weighted by Gasteiger charge is -2.08. The van der Waals surface area contributed by atoms with Crippen molar-refractivity contribution in [1.29, 1.82) is 0 Å². The first kappa shape index (κ1) is 11.1. The Morgan fingerprint density at radius 3 is 2.67 bits per heavy atom. The molecule has 5 heteroatoms. The summed E-state index contributed by atoms with van der Waals surface area (Å²) in [5.74, 6) is 0. The minimum Gasteiger partial charge on any atom is -0.349 e. The molecule has 0 saturated heterocycles. The molecule has 0 aromatic heterocycles. The summed E-state index contributed by atoms with van der Waals surface area (Å²) in [6, 6.07) is 7.25. The van der Waals surface area contributed by atoms with Crippen LogP contribution in [-0.2, 0) is 13.2 Å². The Kier molecular flexibility index (Phi) is 2.14. The van der Waals surface area contributed by atoms with E-state index in [9.17, 15) is 13.2 Å². The summed E-state index contributed by atoms with van der Waals surface area (Å²) in [4.78, 5) is 4.31. The number of halogens is 3. The Morgan fingerprint density at radius 1 is 1.17 bits per heavy atom. The highest BCUT2D eigenvalue weighted by Gasteiger charge is 2.31. The smallest absolute Gasteiger partial charge is 0.349 e. The first-order chi connectivity index (χ1) is 8.47. The Balaban J connectivity index is 2.37. The lowest BCUT2D eigenvalue weighted by Crippen LogP contribution is -2.04. The van der Waals surface area contributed by atoms with Gasteiger partial charge in [-0.05, 0) is 30.3 Å². The summed E-state index contributed by atoms with van der Waals surface area (Å²) >= 11 is 0. The van der Waals surface area contributed by atoms with Crippen molar-refractivity contribution in [2.45, 2.75) is 6.18 Å². The van der Waals surface area contributed by atoms with Crippen LogP contribution in [0.3, 0.4) is 0 Å². The number of pyridine rings is 1. The molecule has 1 aromatic rings. The van der Waals surface area contributed by atoms with Gasteiger partial charge in [0.05, 0.1) is 22.5 Å². The van der Waals surface area contributed by atoms with Crippen LogP contribution in [-0.4, -0.2) is 9.55 Å². The third kappa shape index (κ3) is 1.54. The average molecular weight is 250 g/mol. The van der Waals surface area contributed by atoms with E-state index < -0.39 is 11.7 Å². The predicted molar refractivity (Wildman–Crippen MR) is 62.3 cm³/mol. The lowest BCUT2D eigenvalue weighted by molar-refractivity contribution is -0.137. The van der Waals surface area contributed by atoms with E-state index in [2.05, 4.69) is 4.98 Å². The van der Waals surface area contributed by atoms with Crippen molar-refractivity contribution in [2.24, 2.45) is 7.05 Å². The van der Waals surface area contributed by atoms with Crippen molar-refractivity contribution in [1.82, 2.24) is 9.55 Å². The number of benzene rings is 1. The van der Waals surface area contributed by atoms with Crippen molar-refractivity contribution in [2.75, 3.05) is 0 Å². The second-order valence-electron chi connectivity index (χ2n) is 4.19. The minimum atomic E-state index is -4.33. The van der Waals surface area contributed by atoms with E-state index in [-0.39, 0.29) is 0 Å². The summed E-state index contributed by atoms with van der Waals surface area (Å²) in [7, 11) is 1.80. The summed E-state index contributed by atoms with van der Waals surface area (Å²) < 4.78 is 39.9. The zero-order valence-corrected chi connectivity index (χ0v) is 9.49. The SMILES string of the molecule is Cn1cccc2nc3ccc(C(F)(F)F)cc3c1-2. The van der Waals surface area contributed by atoms with E-state index in [0.29, 0.717) is 16.6 Å². The summed E-state index contributed by atoms with van der Waals surface area (Å²) in [6.07, 6.45) is -2.53. The average Bonchev–Trinajstić information content (AvgIpc) is 2.66. The predicted octanol–water partition coefficient (Wildman–Crippen LogP) is 3.70. The molecule has 92 valence electrons. The van der Waals surface area contributed by atoms with Gasteiger partial charge in [-0.15, -0.1) is 0 Å². The van der Waals surface area contributed by atoms with E-state index in [0.717, 1.165) is 17.8 Å². The molecule has 0 atom stereocenters.